The Labute approximate surface area is 156 Å². The van der Waals surface area contributed by atoms with Crippen LogP contribution >= 0.6 is 27.5 Å². The average Bonchev–Trinajstić information content (AvgIpc) is 2.61. The molecule has 0 spiro atoms. The van der Waals surface area contributed by atoms with Crippen molar-refractivity contribution in [1.29, 1.82) is 0 Å². The van der Waals surface area contributed by atoms with Crippen LogP contribution in [-0.2, 0) is 0 Å². The molecule has 0 atom stereocenters. The predicted molar refractivity (Wildman–Crippen MR) is 99.8 cm³/mol. The Morgan fingerprint density at radius 2 is 2.04 bits per heavy atom. The molecular weight excluding hydrogens is 412 g/mol. The number of benzene rings is 2. The monoisotopic (exact) mass is 424 g/mol. The van der Waals surface area contributed by atoms with Crippen molar-refractivity contribution in [3.8, 4) is 22.8 Å². The van der Waals surface area contributed by atoms with E-state index in [2.05, 4.69) is 15.9 Å². The van der Waals surface area contributed by atoms with Gasteiger partial charge in [0.2, 0.25) is 0 Å². The molecule has 2 aromatic carbocycles. The molecule has 3 aromatic rings. The van der Waals surface area contributed by atoms with E-state index >= 15 is 0 Å². The number of aliphatic hydroxyl groups is 1. The molecule has 25 heavy (non-hydrogen) atoms. The molecule has 0 aliphatic rings. The first-order valence-corrected chi connectivity index (χ1v) is 8.56. The Bertz CT molecular complexity index is 983. The van der Waals surface area contributed by atoms with Gasteiger partial charge in [0.1, 0.15) is 12.4 Å². The molecule has 130 valence electrons. The third-order valence-electron chi connectivity index (χ3n) is 3.57. The van der Waals surface area contributed by atoms with Gasteiger partial charge in [-0.1, -0.05) is 17.7 Å². The van der Waals surface area contributed by atoms with E-state index in [0.29, 0.717) is 43.3 Å². The van der Waals surface area contributed by atoms with Gasteiger partial charge in [0, 0.05) is 16.1 Å². The molecule has 7 heteroatoms. The van der Waals surface area contributed by atoms with E-state index < -0.39 is 0 Å². The maximum atomic E-state index is 12.4. The predicted octanol–water partition coefficient (Wildman–Crippen LogP) is 4.26. The maximum absolute atomic E-state index is 12.4. The lowest BCUT2D eigenvalue weighted by atomic mass is 10.1. The van der Waals surface area contributed by atoms with Gasteiger partial charge < -0.3 is 19.0 Å². The highest BCUT2D eigenvalue weighted by molar-refractivity contribution is 9.10. The van der Waals surface area contributed by atoms with Gasteiger partial charge in [-0.05, 0) is 40.2 Å². The SMILES string of the molecule is COc1cc(Br)c(-c2cc(=O)c3cccc(Cl)c3o2)cc1OCCO. The number of rotatable bonds is 5. The molecule has 0 saturated carbocycles. The largest absolute Gasteiger partial charge is 0.493 e. The number of hydrogen-bond acceptors (Lipinski definition) is 5. The van der Waals surface area contributed by atoms with E-state index in [1.165, 1.54) is 13.2 Å². The Balaban J connectivity index is 2.20. The first-order chi connectivity index (χ1) is 12.0. The second kappa shape index (κ2) is 7.47. The fourth-order valence-corrected chi connectivity index (χ4v) is 3.16. The third kappa shape index (κ3) is 3.51. The van der Waals surface area contributed by atoms with Crippen LogP contribution < -0.4 is 14.9 Å². The maximum Gasteiger partial charge on any atom is 0.193 e. The molecule has 0 aliphatic carbocycles. The van der Waals surface area contributed by atoms with Gasteiger partial charge >= 0.3 is 0 Å². The zero-order chi connectivity index (χ0) is 18.0. The van der Waals surface area contributed by atoms with Gasteiger partial charge in [0.15, 0.2) is 22.5 Å². The molecule has 3 rings (SSSR count). The summed E-state index contributed by atoms with van der Waals surface area (Å²) in [4.78, 5) is 12.4. The second-order valence-corrected chi connectivity index (χ2v) is 6.41. The summed E-state index contributed by atoms with van der Waals surface area (Å²) in [5.74, 6) is 1.26. The fraction of sp³-hybridized carbons (Fsp3) is 0.167. The molecule has 0 saturated heterocycles. The topological polar surface area (TPSA) is 68.9 Å². The molecule has 0 aliphatic heterocycles. The van der Waals surface area contributed by atoms with Gasteiger partial charge in [0.25, 0.3) is 0 Å². The molecule has 0 amide bonds. The number of aliphatic hydroxyl groups excluding tert-OH is 1. The number of methoxy groups -OCH3 is 1. The summed E-state index contributed by atoms with van der Waals surface area (Å²) in [5, 5.41) is 9.74. The average molecular weight is 426 g/mol. The van der Waals surface area contributed by atoms with Crippen LogP contribution in [-0.4, -0.2) is 25.4 Å². The molecule has 5 nitrogen and oxygen atoms in total. The second-order valence-electron chi connectivity index (χ2n) is 5.15. The number of hydrogen-bond donors (Lipinski definition) is 1. The highest BCUT2D eigenvalue weighted by Gasteiger charge is 2.16. The molecule has 1 aromatic heterocycles. The van der Waals surface area contributed by atoms with Gasteiger partial charge in [0.05, 0.1) is 24.1 Å². The van der Waals surface area contributed by atoms with Gasteiger partial charge in [-0.2, -0.15) is 0 Å². The van der Waals surface area contributed by atoms with Crippen molar-refractivity contribution in [3.63, 3.8) is 0 Å². The number of para-hydroxylation sites is 1. The summed E-state index contributed by atoms with van der Waals surface area (Å²) in [5.41, 5.74) is 0.735. The molecule has 0 bridgehead atoms. The normalized spacial score (nSPS) is 10.9. The molecule has 0 unspecified atom stereocenters. The molecule has 0 radical (unpaired) electrons. The standard InChI is InChI=1S/C18H14BrClO5/c1-23-16-8-12(19)11(7-17(16)24-6-5-21)15-9-14(22)10-3-2-4-13(20)18(10)25-15/h2-4,7-9,21H,5-6H2,1H3. The summed E-state index contributed by atoms with van der Waals surface area (Å²) < 4.78 is 17.3. The smallest absolute Gasteiger partial charge is 0.193 e. The Morgan fingerprint density at radius 3 is 2.76 bits per heavy atom. The Hall–Kier alpha value is -2.02. The van der Waals surface area contributed by atoms with Crippen LogP contribution in [0.2, 0.25) is 5.02 Å². The first-order valence-electron chi connectivity index (χ1n) is 7.39. The number of fused-ring (bicyclic) bond motifs is 1. The van der Waals surface area contributed by atoms with Crippen molar-refractivity contribution in [2.24, 2.45) is 0 Å². The zero-order valence-electron chi connectivity index (χ0n) is 13.2. The highest BCUT2D eigenvalue weighted by Crippen LogP contribution is 2.39. The van der Waals surface area contributed by atoms with Crippen molar-refractivity contribution >= 4 is 38.5 Å². The Morgan fingerprint density at radius 1 is 1.24 bits per heavy atom. The Kier molecular flexibility index (Phi) is 5.32. The molecule has 1 heterocycles. The van der Waals surface area contributed by atoms with Gasteiger partial charge in [-0.3, -0.25) is 4.79 Å². The van der Waals surface area contributed by atoms with E-state index in [-0.39, 0.29) is 18.6 Å². The molecule has 1 N–H and O–H groups in total. The minimum Gasteiger partial charge on any atom is -0.493 e. The lowest BCUT2D eigenvalue weighted by molar-refractivity contribution is 0.196. The quantitative estimate of drug-likeness (QED) is 0.662. The third-order valence-corrected chi connectivity index (χ3v) is 4.53. The number of halogens is 2. The zero-order valence-corrected chi connectivity index (χ0v) is 15.6. The van der Waals surface area contributed by atoms with Crippen LogP contribution in [0.1, 0.15) is 0 Å². The number of ether oxygens (including phenoxy) is 2. The lowest BCUT2D eigenvalue weighted by Crippen LogP contribution is -2.04. The molecular formula is C18H14BrClO5. The van der Waals surface area contributed by atoms with Crippen LogP contribution in [0.4, 0.5) is 0 Å². The van der Waals surface area contributed by atoms with Crippen LogP contribution in [0.25, 0.3) is 22.3 Å². The summed E-state index contributed by atoms with van der Waals surface area (Å²) in [6.07, 6.45) is 0. The summed E-state index contributed by atoms with van der Waals surface area (Å²) in [7, 11) is 1.52. The lowest BCUT2D eigenvalue weighted by Gasteiger charge is -2.13. The van der Waals surface area contributed by atoms with Crippen LogP contribution in [0.3, 0.4) is 0 Å². The van der Waals surface area contributed by atoms with Crippen molar-refractivity contribution in [2.75, 3.05) is 20.3 Å². The summed E-state index contributed by atoms with van der Waals surface area (Å²) in [6, 6.07) is 9.82. The van der Waals surface area contributed by atoms with E-state index in [1.807, 2.05) is 0 Å². The summed E-state index contributed by atoms with van der Waals surface area (Å²) in [6.45, 7) is -0.0137. The molecule has 0 fully saturated rings. The summed E-state index contributed by atoms with van der Waals surface area (Å²) >= 11 is 9.61. The van der Waals surface area contributed by atoms with Crippen molar-refractivity contribution in [2.45, 2.75) is 0 Å². The van der Waals surface area contributed by atoms with Gasteiger partial charge in [-0.15, -0.1) is 0 Å². The minimum atomic E-state index is -0.195. The van der Waals surface area contributed by atoms with Crippen LogP contribution in [0.15, 0.2) is 50.1 Å². The van der Waals surface area contributed by atoms with Crippen LogP contribution in [0.5, 0.6) is 11.5 Å². The van der Waals surface area contributed by atoms with E-state index in [1.54, 1.807) is 30.3 Å². The van der Waals surface area contributed by atoms with Crippen molar-refractivity contribution < 1.29 is 19.0 Å². The van der Waals surface area contributed by atoms with Crippen molar-refractivity contribution in [1.82, 2.24) is 0 Å². The van der Waals surface area contributed by atoms with E-state index in [0.717, 1.165) is 0 Å². The van der Waals surface area contributed by atoms with E-state index in [9.17, 15) is 4.79 Å². The first kappa shape index (κ1) is 17.8. The van der Waals surface area contributed by atoms with E-state index in [4.69, 9.17) is 30.6 Å². The van der Waals surface area contributed by atoms with Crippen LogP contribution in [0, 0.1) is 0 Å². The van der Waals surface area contributed by atoms with Crippen molar-refractivity contribution in [3.05, 3.63) is 56.1 Å². The fourth-order valence-electron chi connectivity index (χ4n) is 2.43. The minimum absolute atomic E-state index is 0.116. The van der Waals surface area contributed by atoms with Gasteiger partial charge in [-0.25, -0.2) is 0 Å². The highest BCUT2D eigenvalue weighted by atomic mass is 79.9.